The summed E-state index contributed by atoms with van der Waals surface area (Å²) >= 11 is 1.82. The molecule has 0 aliphatic rings. The summed E-state index contributed by atoms with van der Waals surface area (Å²) in [5.41, 5.74) is 2.73. The molecule has 0 aliphatic carbocycles. The zero-order valence-corrected chi connectivity index (χ0v) is 11.8. The van der Waals surface area contributed by atoms with Crippen molar-refractivity contribution in [3.8, 4) is 0 Å². The second kappa shape index (κ2) is 5.55. The van der Waals surface area contributed by atoms with Gasteiger partial charge in [-0.05, 0) is 46.3 Å². The largest absolute Gasteiger partial charge is 0.308 e. The van der Waals surface area contributed by atoms with Crippen LogP contribution in [0, 0.1) is 6.92 Å². The van der Waals surface area contributed by atoms with Crippen LogP contribution in [-0.4, -0.2) is 0 Å². The second-order valence-electron chi connectivity index (χ2n) is 4.81. The van der Waals surface area contributed by atoms with Gasteiger partial charge in [0, 0.05) is 18.0 Å². The van der Waals surface area contributed by atoms with Crippen LogP contribution < -0.4 is 5.32 Å². The molecule has 0 saturated carbocycles. The molecule has 3 aromatic rings. The van der Waals surface area contributed by atoms with Gasteiger partial charge in [-0.15, -0.1) is 11.3 Å². The summed E-state index contributed by atoms with van der Waals surface area (Å²) in [5, 5.41) is 8.30. The van der Waals surface area contributed by atoms with Crippen molar-refractivity contribution in [2.75, 3.05) is 0 Å². The van der Waals surface area contributed by atoms with Crippen LogP contribution in [0.15, 0.2) is 53.9 Å². The Morgan fingerprint density at radius 1 is 0.947 bits per heavy atom. The zero-order chi connectivity index (χ0) is 13.1. The van der Waals surface area contributed by atoms with Crippen molar-refractivity contribution in [2.24, 2.45) is 0 Å². The van der Waals surface area contributed by atoms with Gasteiger partial charge in [-0.25, -0.2) is 0 Å². The number of nitrogens with one attached hydrogen (secondary N) is 1. The fourth-order valence-corrected chi connectivity index (χ4v) is 3.13. The van der Waals surface area contributed by atoms with Crippen LogP contribution in [0.25, 0.3) is 10.8 Å². The van der Waals surface area contributed by atoms with Crippen molar-refractivity contribution >= 4 is 22.1 Å². The number of benzene rings is 2. The molecule has 0 spiro atoms. The molecule has 0 bridgehead atoms. The van der Waals surface area contributed by atoms with Gasteiger partial charge in [-0.3, -0.25) is 0 Å². The van der Waals surface area contributed by atoms with Crippen molar-refractivity contribution < 1.29 is 0 Å². The van der Waals surface area contributed by atoms with E-state index >= 15 is 0 Å². The number of aryl methyl sites for hydroxylation is 1. The summed E-state index contributed by atoms with van der Waals surface area (Å²) in [6, 6.07) is 17.3. The Hall–Kier alpha value is -1.64. The molecule has 2 heteroatoms. The molecule has 1 aromatic heterocycles. The van der Waals surface area contributed by atoms with E-state index in [1.54, 1.807) is 0 Å². The van der Waals surface area contributed by atoms with Crippen LogP contribution in [-0.2, 0) is 13.1 Å². The highest BCUT2D eigenvalue weighted by Gasteiger charge is 2.00. The smallest absolute Gasteiger partial charge is 0.0305 e. The Bertz CT molecular complexity index is 684. The number of hydrogen-bond acceptors (Lipinski definition) is 2. The lowest BCUT2D eigenvalue weighted by atomic mass is 10.1. The summed E-state index contributed by atoms with van der Waals surface area (Å²) in [6.07, 6.45) is 0. The lowest BCUT2D eigenvalue weighted by molar-refractivity contribution is 0.699. The lowest BCUT2D eigenvalue weighted by Gasteiger charge is -2.06. The molecule has 19 heavy (non-hydrogen) atoms. The van der Waals surface area contributed by atoms with E-state index in [9.17, 15) is 0 Å². The highest BCUT2D eigenvalue weighted by molar-refractivity contribution is 7.10. The van der Waals surface area contributed by atoms with E-state index in [0.29, 0.717) is 0 Å². The fourth-order valence-electron chi connectivity index (χ4n) is 2.25. The Kier molecular flexibility index (Phi) is 3.62. The van der Waals surface area contributed by atoms with Crippen molar-refractivity contribution in [3.05, 3.63) is 69.9 Å². The summed E-state index contributed by atoms with van der Waals surface area (Å²) < 4.78 is 0. The predicted octanol–water partition coefficient (Wildman–Crippen LogP) is 4.50. The van der Waals surface area contributed by atoms with Gasteiger partial charge >= 0.3 is 0 Å². The molecule has 3 rings (SSSR count). The van der Waals surface area contributed by atoms with Crippen LogP contribution >= 0.6 is 11.3 Å². The van der Waals surface area contributed by atoms with E-state index in [4.69, 9.17) is 0 Å². The second-order valence-corrected chi connectivity index (χ2v) is 5.81. The van der Waals surface area contributed by atoms with Crippen molar-refractivity contribution in [1.82, 2.24) is 5.32 Å². The van der Waals surface area contributed by atoms with Gasteiger partial charge in [0.1, 0.15) is 0 Å². The maximum Gasteiger partial charge on any atom is 0.0305 e. The van der Waals surface area contributed by atoms with E-state index in [1.165, 1.54) is 26.8 Å². The SMILES string of the molecule is Cc1ccsc1CNCc1ccc2ccccc2c1. The summed E-state index contributed by atoms with van der Waals surface area (Å²) in [7, 11) is 0. The van der Waals surface area contributed by atoms with E-state index in [1.807, 2.05) is 11.3 Å². The maximum absolute atomic E-state index is 3.52. The highest BCUT2D eigenvalue weighted by atomic mass is 32.1. The molecular weight excluding hydrogens is 250 g/mol. The first-order valence-electron chi connectivity index (χ1n) is 6.54. The third kappa shape index (κ3) is 2.86. The Morgan fingerprint density at radius 3 is 2.58 bits per heavy atom. The molecule has 96 valence electrons. The van der Waals surface area contributed by atoms with E-state index in [-0.39, 0.29) is 0 Å². The van der Waals surface area contributed by atoms with Crippen molar-refractivity contribution in [3.63, 3.8) is 0 Å². The monoisotopic (exact) mass is 267 g/mol. The number of thiophene rings is 1. The van der Waals surface area contributed by atoms with Crippen LogP contribution in [0.1, 0.15) is 16.0 Å². The van der Waals surface area contributed by atoms with Gasteiger partial charge in [0.25, 0.3) is 0 Å². The minimum absolute atomic E-state index is 0.919. The Labute approximate surface area is 117 Å². The van der Waals surface area contributed by atoms with Crippen molar-refractivity contribution in [2.45, 2.75) is 20.0 Å². The van der Waals surface area contributed by atoms with Gasteiger partial charge in [-0.1, -0.05) is 36.4 Å². The summed E-state index contributed by atoms with van der Waals surface area (Å²) in [4.78, 5) is 1.43. The highest BCUT2D eigenvalue weighted by Crippen LogP contribution is 2.17. The van der Waals surface area contributed by atoms with Crippen LogP contribution in [0.2, 0.25) is 0 Å². The molecule has 1 heterocycles. The van der Waals surface area contributed by atoms with E-state index in [0.717, 1.165) is 13.1 Å². The van der Waals surface area contributed by atoms with Crippen LogP contribution in [0.5, 0.6) is 0 Å². The molecule has 2 aromatic carbocycles. The predicted molar refractivity (Wildman–Crippen MR) is 83.5 cm³/mol. The third-order valence-electron chi connectivity index (χ3n) is 3.40. The van der Waals surface area contributed by atoms with E-state index in [2.05, 4.69) is 66.2 Å². The molecular formula is C17H17NS. The first kappa shape index (κ1) is 12.4. The van der Waals surface area contributed by atoms with Crippen LogP contribution in [0.3, 0.4) is 0 Å². The molecule has 1 nitrogen and oxygen atoms in total. The van der Waals surface area contributed by atoms with Crippen LogP contribution in [0.4, 0.5) is 0 Å². The zero-order valence-electron chi connectivity index (χ0n) is 11.0. The number of hydrogen-bond donors (Lipinski definition) is 1. The van der Waals surface area contributed by atoms with Crippen molar-refractivity contribution in [1.29, 1.82) is 0 Å². The maximum atomic E-state index is 3.52. The molecule has 0 radical (unpaired) electrons. The molecule has 0 amide bonds. The fraction of sp³-hybridized carbons (Fsp3) is 0.176. The third-order valence-corrected chi connectivity index (χ3v) is 4.42. The molecule has 0 aliphatic heterocycles. The average molecular weight is 267 g/mol. The summed E-state index contributed by atoms with van der Waals surface area (Å²) in [5.74, 6) is 0. The Morgan fingerprint density at radius 2 is 1.79 bits per heavy atom. The molecule has 0 unspecified atom stereocenters. The standard InChI is InChI=1S/C17H17NS/c1-13-8-9-19-17(13)12-18-11-14-6-7-15-4-2-3-5-16(15)10-14/h2-10,18H,11-12H2,1H3. The molecule has 0 fully saturated rings. The first-order valence-corrected chi connectivity index (χ1v) is 7.42. The normalized spacial score (nSPS) is 11.0. The Balaban J connectivity index is 1.67. The van der Waals surface area contributed by atoms with Gasteiger partial charge in [0.2, 0.25) is 0 Å². The van der Waals surface area contributed by atoms with Gasteiger partial charge < -0.3 is 5.32 Å². The van der Waals surface area contributed by atoms with Gasteiger partial charge in [0.15, 0.2) is 0 Å². The quantitative estimate of drug-likeness (QED) is 0.734. The minimum Gasteiger partial charge on any atom is -0.308 e. The topological polar surface area (TPSA) is 12.0 Å². The average Bonchev–Trinajstić information content (AvgIpc) is 2.84. The summed E-state index contributed by atoms with van der Waals surface area (Å²) in [6.45, 7) is 4.04. The lowest BCUT2D eigenvalue weighted by Crippen LogP contribution is -2.12. The first-order chi connectivity index (χ1) is 9.33. The van der Waals surface area contributed by atoms with Gasteiger partial charge in [0.05, 0.1) is 0 Å². The van der Waals surface area contributed by atoms with Gasteiger partial charge in [-0.2, -0.15) is 0 Å². The molecule has 1 N–H and O–H groups in total. The minimum atomic E-state index is 0.919. The molecule has 0 atom stereocenters. The number of rotatable bonds is 4. The molecule has 0 saturated heterocycles. The van der Waals surface area contributed by atoms with E-state index < -0.39 is 0 Å². The number of fused-ring (bicyclic) bond motifs is 1.